The topological polar surface area (TPSA) is 66.5 Å². The van der Waals surface area contributed by atoms with Crippen LogP contribution in [0.15, 0.2) is 36.4 Å². The second-order valence-corrected chi connectivity index (χ2v) is 8.72. The lowest BCUT2D eigenvalue weighted by Gasteiger charge is -2.37. The Labute approximate surface area is 159 Å². The first-order valence-corrected chi connectivity index (χ1v) is 9.71. The fraction of sp³-hybridized carbons (Fsp3) is 0.421. The van der Waals surface area contributed by atoms with Crippen LogP contribution < -0.4 is 5.32 Å². The number of nitrogens with one attached hydrogen (secondary N) is 1. The van der Waals surface area contributed by atoms with E-state index >= 15 is 0 Å². The number of amides is 3. The molecule has 6 rings (SSSR count). The van der Waals surface area contributed by atoms with Crippen molar-refractivity contribution in [3.63, 3.8) is 0 Å². The number of hydrogen-bond donors (Lipinski definition) is 1. The molecule has 1 N–H and O–H groups in total. The van der Waals surface area contributed by atoms with Gasteiger partial charge in [0.25, 0.3) is 0 Å². The molecule has 3 fully saturated rings. The van der Waals surface area contributed by atoms with Gasteiger partial charge in [0.05, 0.1) is 11.8 Å². The van der Waals surface area contributed by atoms with Crippen LogP contribution in [0.1, 0.15) is 6.42 Å². The van der Waals surface area contributed by atoms with Crippen LogP contribution in [0.2, 0.25) is 0 Å². The third kappa shape index (κ3) is 2.29. The summed E-state index contributed by atoms with van der Waals surface area (Å²) >= 11 is 2.19. The molecule has 1 saturated heterocycles. The number of anilines is 1. The van der Waals surface area contributed by atoms with Crippen molar-refractivity contribution in [1.29, 1.82) is 0 Å². The van der Waals surface area contributed by atoms with Crippen LogP contribution >= 0.6 is 22.6 Å². The van der Waals surface area contributed by atoms with Crippen LogP contribution in [0.5, 0.6) is 0 Å². The van der Waals surface area contributed by atoms with Gasteiger partial charge in [0, 0.05) is 9.26 Å². The van der Waals surface area contributed by atoms with Crippen LogP contribution in [-0.4, -0.2) is 29.2 Å². The van der Waals surface area contributed by atoms with E-state index in [1.54, 1.807) is 0 Å². The molecule has 128 valence electrons. The molecule has 0 radical (unpaired) electrons. The summed E-state index contributed by atoms with van der Waals surface area (Å²) in [7, 11) is 0. The van der Waals surface area contributed by atoms with Crippen LogP contribution in [0.25, 0.3) is 0 Å². The number of benzene rings is 1. The Morgan fingerprint density at radius 2 is 1.60 bits per heavy atom. The first kappa shape index (κ1) is 15.5. The summed E-state index contributed by atoms with van der Waals surface area (Å²) in [6, 6.07) is 7.41. The molecule has 1 aliphatic heterocycles. The fourth-order valence-corrected chi connectivity index (χ4v) is 5.41. The first-order chi connectivity index (χ1) is 12.0. The predicted octanol–water partition coefficient (Wildman–Crippen LogP) is 2.28. The molecular formula is C19H17IN2O3. The van der Waals surface area contributed by atoms with Gasteiger partial charge in [0.1, 0.15) is 6.54 Å². The van der Waals surface area contributed by atoms with Crippen LogP contribution in [0.4, 0.5) is 5.69 Å². The Morgan fingerprint density at radius 3 is 2.16 bits per heavy atom. The van der Waals surface area contributed by atoms with Gasteiger partial charge in [-0.1, -0.05) is 12.2 Å². The number of allylic oxidation sites excluding steroid dienone is 2. The summed E-state index contributed by atoms with van der Waals surface area (Å²) in [6.45, 7) is -0.189. The monoisotopic (exact) mass is 448 g/mol. The molecule has 5 aliphatic rings. The maximum atomic E-state index is 12.8. The lowest BCUT2D eigenvalue weighted by molar-refractivity contribution is -0.142. The van der Waals surface area contributed by atoms with Crippen LogP contribution in [-0.2, 0) is 14.4 Å². The van der Waals surface area contributed by atoms with E-state index in [2.05, 4.69) is 40.1 Å². The summed E-state index contributed by atoms with van der Waals surface area (Å²) in [5.41, 5.74) is 0.671. The zero-order valence-electron chi connectivity index (χ0n) is 13.4. The molecule has 0 unspecified atom stereocenters. The summed E-state index contributed by atoms with van der Waals surface area (Å²) < 4.78 is 1.08. The number of rotatable bonds is 3. The molecule has 6 atom stereocenters. The molecule has 6 heteroatoms. The number of halogens is 1. The number of likely N-dealkylation sites (tertiary alicyclic amines) is 1. The molecule has 2 saturated carbocycles. The molecule has 1 heterocycles. The quantitative estimate of drug-likeness (QED) is 0.439. The molecule has 2 bridgehead atoms. The molecule has 4 aliphatic carbocycles. The molecule has 25 heavy (non-hydrogen) atoms. The maximum absolute atomic E-state index is 12.8. The van der Waals surface area contributed by atoms with Gasteiger partial charge in [-0.3, -0.25) is 19.3 Å². The Morgan fingerprint density at radius 1 is 1.04 bits per heavy atom. The number of carbonyl (C=O) groups is 3. The highest BCUT2D eigenvalue weighted by Gasteiger charge is 2.67. The van der Waals surface area contributed by atoms with Crippen LogP contribution in [0, 0.1) is 39.1 Å². The number of carbonyl (C=O) groups excluding carboxylic acids is 3. The summed E-state index contributed by atoms with van der Waals surface area (Å²) in [6.07, 6.45) is 5.42. The largest absolute Gasteiger partial charge is 0.325 e. The lowest BCUT2D eigenvalue weighted by Crippen LogP contribution is -2.40. The van der Waals surface area contributed by atoms with Gasteiger partial charge in [0.2, 0.25) is 17.7 Å². The SMILES string of the molecule is O=C(CN1C(=O)[C@@H]2[C@@H]3C=C[C@@H]([C@H]4C[C@@H]34)[C@@H]2C1=O)Nc1ccc(I)cc1. The summed E-state index contributed by atoms with van der Waals surface area (Å²) in [5, 5.41) is 2.77. The highest BCUT2D eigenvalue weighted by molar-refractivity contribution is 14.1. The van der Waals surface area contributed by atoms with E-state index in [0.717, 1.165) is 9.99 Å². The number of imide groups is 1. The van der Waals surface area contributed by atoms with Crippen molar-refractivity contribution in [2.75, 3.05) is 11.9 Å². The second-order valence-electron chi connectivity index (χ2n) is 7.47. The Bertz CT molecular complexity index is 782. The summed E-state index contributed by atoms with van der Waals surface area (Å²) in [5.74, 6) is 0.431. The van der Waals surface area contributed by atoms with E-state index in [1.807, 2.05) is 24.3 Å². The van der Waals surface area contributed by atoms with Gasteiger partial charge in [-0.2, -0.15) is 0 Å². The average molecular weight is 448 g/mol. The first-order valence-electron chi connectivity index (χ1n) is 8.63. The standard InChI is InChI=1S/C19H17IN2O3/c20-9-1-3-10(4-2-9)21-15(23)8-22-18(24)16-11-5-6-12(14-7-13(11)14)17(16)19(22)25/h1-6,11-14,16-17H,7-8H2,(H,21,23)/t11-,12+,13+,14-,16-,17+. The minimum Gasteiger partial charge on any atom is -0.325 e. The van der Waals surface area contributed by atoms with Crippen molar-refractivity contribution in [2.45, 2.75) is 6.42 Å². The Kier molecular flexibility index (Phi) is 3.36. The van der Waals surface area contributed by atoms with Gasteiger partial charge < -0.3 is 5.32 Å². The van der Waals surface area contributed by atoms with Gasteiger partial charge in [-0.05, 0) is 76.9 Å². The molecule has 3 amide bonds. The highest BCUT2D eigenvalue weighted by Crippen LogP contribution is 2.65. The zero-order chi connectivity index (χ0) is 17.3. The minimum atomic E-state index is -0.327. The van der Waals surface area contributed by atoms with E-state index < -0.39 is 0 Å². The smallest absolute Gasteiger partial charge is 0.244 e. The van der Waals surface area contributed by atoms with Gasteiger partial charge in [-0.25, -0.2) is 0 Å². The lowest BCUT2D eigenvalue weighted by atomic mass is 9.63. The van der Waals surface area contributed by atoms with E-state index in [1.165, 1.54) is 4.90 Å². The number of hydrogen-bond acceptors (Lipinski definition) is 3. The fourth-order valence-electron chi connectivity index (χ4n) is 5.05. The van der Waals surface area contributed by atoms with Crippen LogP contribution in [0.3, 0.4) is 0 Å². The predicted molar refractivity (Wildman–Crippen MR) is 99.2 cm³/mol. The van der Waals surface area contributed by atoms with Crippen molar-refractivity contribution in [3.8, 4) is 0 Å². The Balaban J connectivity index is 1.32. The van der Waals surface area contributed by atoms with E-state index in [9.17, 15) is 14.4 Å². The van der Waals surface area contributed by atoms with Gasteiger partial charge in [-0.15, -0.1) is 0 Å². The molecule has 0 aromatic heterocycles. The molecular weight excluding hydrogens is 431 g/mol. The maximum Gasteiger partial charge on any atom is 0.244 e. The zero-order valence-corrected chi connectivity index (χ0v) is 15.5. The van der Waals surface area contributed by atoms with E-state index in [-0.39, 0.29) is 47.9 Å². The average Bonchev–Trinajstić information content (AvgIpc) is 3.38. The third-order valence-corrected chi connectivity index (χ3v) is 6.90. The second kappa shape index (κ2) is 5.40. The van der Waals surface area contributed by atoms with Gasteiger partial charge in [0.15, 0.2) is 0 Å². The van der Waals surface area contributed by atoms with Crippen molar-refractivity contribution in [1.82, 2.24) is 4.90 Å². The summed E-state index contributed by atoms with van der Waals surface area (Å²) in [4.78, 5) is 39.2. The normalized spacial score (nSPS) is 37.1. The Hall–Kier alpha value is -1.70. The molecule has 1 aromatic rings. The molecule has 1 aromatic carbocycles. The van der Waals surface area contributed by atoms with Crippen molar-refractivity contribution in [2.24, 2.45) is 35.5 Å². The highest BCUT2D eigenvalue weighted by atomic mass is 127. The molecule has 5 nitrogen and oxygen atoms in total. The van der Waals surface area contributed by atoms with Crippen molar-refractivity contribution >= 4 is 46.0 Å². The van der Waals surface area contributed by atoms with Crippen molar-refractivity contribution in [3.05, 3.63) is 40.0 Å². The van der Waals surface area contributed by atoms with Crippen molar-refractivity contribution < 1.29 is 14.4 Å². The third-order valence-electron chi connectivity index (χ3n) is 6.18. The minimum absolute atomic E-state index is 0.155. The van der Waals surface area contributed by atoms with E-state index in [4.69, 9.17) is 0 Å². The van der Waals surface area contributed by atoms with E-state index in [0.29, 0.717) is 17.5 Å². The molecule has 0 spiro atoms. The number of nitrogens with zero attached hydrogens (tertiary/aromatic N) is 1. The van der Waals surface area contributed by atoms with Gasteiger partial charge >= 0.3 is 0 Å².